The summed E-state index contributed by atoms with van der Waals surface area (Å²) in [5, 5.41) is 0. The molecule has 0 heterocycles. The van der Waals surface area contributed by atoms with Gasteiger partial charge in [-0.25, -0.2) is 0 Å². The normalized spacial score (nSPS) is 39.7. The maximum atomic E-state index is 2.61. The summed E-state index contributed by atoms with van der Waals surface area (Å²) in [5.41, 5.74) is 7.77. The Kier molecular flexibility index (Phi) is 8.43. The molecule has 11 rings (SSSR count). The third-order valence-electron chi connectivity index (χ3n) is 15.5. The van der Waals surface area contributed by atoms with E-state index >= 15 is 0 Å². The van der Waals surface area contributed by atoms with Crippen LogP contribution in [0.3, 0.4) is 0 Å². The van der Waals surface area contributed by atoms with Gasteiger partial charge >= 0.3 is 0 Å². The number of rotatable bonds is 7. The van der Waals surface area contributed by atoms with E-state index in [1.807, 2.05) is 0 Å². The Balaban J connectivity index is 0.962. The fourth-order valence-electron chi connectivity index (χ4n) is 14.7. The molecule has 0 nitrogen and oxygen atoms in total. The van der Waals surface area contributed by atoms with Crippen molar-refractivity contribution in [2.45, 2.75) is 160 Å². The van der Waals surface area contributed by atoms with Crippen LogP contribution in [0.4, 0.5) is 0 Å². The number of hydrogen-bond donors (Lipinski definition) is 0. The van der Waals surface area contributed by atoms with Crippen LogP contribution < -0.4 is 0 Å². The lowest BCUT2D eigenvalue weighted by molar-refractivity contribution is -0.0523. The summed E-state index contributed by atoms with van der Waals surface area (Å²) in [6.45, 7) is 0. The molecule has 8 bridgehead atoms. The first kappa shape index (κ1) is 30.5. The minimum absolute atomic E-state index is 0.558. The second-order valence-electron chi connectivity index (χ2n) is 19.3. The van der Waals surface area contributed by atoms with E-state index < -0.39 is 0 Å². The average molecular weight is 617 g/mol. The van der Waals surface area contributed by atoms with E-state index in [4.69, 9.17) is 0 Å². The van der Waals surface area contributed by atoms with Crippen molar-refractivity contribution in [1.82, 2.24) is 0 Å². The summed E-state index contributed by atoms with van der Waals surface area (Å²) >= 11 is 0. The molecule has 0 aromatic heterocycles. The van der Waals surface area contributed by atoms with E-state index in [2.05, 4.69) is 48.5 Å². The van der Waals surface area contributed by atoms with Crippen molar-refractivity contribution < 1.29 is 0 Å². The van der Waals surface area contributed by atoms with Crippen LogP contribution in [0, 0.1) is 52.3 Å². The van der Waals surface area contributed by atoms with E-state index in [0.717, 1.165) is 41.4 Å². The third kappa shape index (κ3) is 6.31. The van der Waals surface area contributed by atoms with Crippen LogP contribution >= 0.6 is 0 Å². The quantitative estimate of drug-likeness (QED) is 0.290. The summed E-state index contributed by atoms with van der Waals surface area (Å²) in [6.07, 6.45) is 35.6. The number of benzene rings is 2. The van der Waals surface area contributed by atoms with Gasteiger partial charge < -0.3 is 0 Å². The summed E-state index contributed by atoms with van der Waals surface area (Å²) < 4.78 is 0. The molecule has 0 heteroatoms. The minimum Gasteiger partial charge on any atom is -0.0587 e. The molecule has 0 spiro atoms. The van der Waals surface area contributed by atoms with Crippen LogP contribution in [-0.2, 0) is 12.8 Å². The molecule has 9 saturated carbocycles. The highest BCUT2D eigenvalue weighted by atomic mass is 14.6. The largest absolute Gasteiger partial charge is 0.0587 e. The van der Waals surface area contributed by atoms with Gasteiger partial charge in [0.05, 0.1) is 0 Å². The lowest BCUT2D eigenvalue weighted by Gasteiger charge is -2.57. The summed E-state index contributed by atoms with van der Waals surface area (Å²) in [7, 11) is 0. The van der Waals surface area contributed by atoms with Crippen molar-refractivity contribution in [3.8, 4) is 0 Å². The maximum absolute atomic E-state index is 2.61. The average Bonchev–Trinajstić information content (AvgIpc) is 3.08. The van der Waals surface area contributed by atoms with Gasteiger partial charge in [-0.3, -0.25) is 0 Å². The molecule has 0 unspecified atom stereocenters. The van der Waals surface area contributed by atoms with Crippen molar-refractivity contribution in [3.63, 3.8) is 0 Å². The lowest BCUT2D eigenvalue weighted by atomic mass is 9.48. The molecule has 0 saturated heterocycles. The Bertz CT molecular complexity index is 1140. The molecule has 46 heavy (non-hydrogen) atoms. The van der Waals surface area contributed by atoms with E-state index in [9.17, 15) is 0 Å². The summed E-state index contributed by atoms with van der Waals surface area (Å²) in [4.78, 5) is 0. The molecule has 9 fully saturated rings. The van der Waals surface area contributed by atoms with Gasteiger partial charge in [-0.2, -0.15) is 0 Å². The molecular weight excluding hydrogens is 553 g/mol. The standard InChI is InChI=1S/C46H64/c1-2-4-6-8-10-41(9-7-5-3-1)44(42-15-11-33(12-16-42)25-45-27-35-19-36(28-45)21-37(20-35)29-45)43-17-13-34(14-18-43)26-46-30-38-22-39(31-46)24-40(23-38)32-46/h11-18,35-41,44H,1-10,19-32H2. The zero-order chi connectivity index (χ0) is 30.6. The Hall–Kier alpha value is -1.56. The molecule has 2 aromatic rings. The SMILES string of the molecule is c1cc(C(c2ccc(CC34CC5CC(CC(C5)C3)C4)cc2)C2CCCCCCCCCC2)ccc1CC12CC3CC(CC(C3)C1)C2. The summed E-state index contributed by atoms with van der Waals surface area (Å²) in [6, 6.07) is 20.8. The van der Waals surface area contributed by atoms with Gasteiger partial charge in [0.15, 0.2) is 0 Å². The van der Waals surface area contributed by atoms with E-state index in [-0.39, 0.29) is 0 Å². The van der Waals surface area contributed by atoms with Gasteiger partial charge in [0.25, 0.3) is 0 Å². The Morgan fingerprint density at radius 1 is 0.413 bits per heavy atom. The number of hydrogen-bond acceptors (Lipinski definition) is 0. The van der Waals surface area contributed by atoms with Crippen molar-refractivity contribution in [3.05, 3.63) is 70.8 Å². The lowest BCUT2D eigenvalue weighted by Crippen LogP contribution is -2.47. The van der Waals surface area contributed by atoms with Crippen molar-refractivity contribution >= 4 is 0 Å². The molecule has 0 aliphatic heterocycles. The molecule has 0 amide bonds. The van der Waals surface area contributed by atoms with Gasteiger partial charge in [0.1, 0.15) is 0 Å². The Labute approximate surface area is 282 Å². The molecule has 248 valence electrons. The first-order valence-electron chi connectivity index (χ1n) is 20.8. The first-order chi connectivity index (χ1) is 22.6. The van der Waals surface area contributed by atoms with Gasteiger partial charge in [-0.1, -0.05) is 99.9 Å². The minimum atomic E-state index is 0.558. The van der Waals surface area contributed by atoms with E-state index in [1.54, 1.807) is 60.8 Å². The monoisotopic (exact) mass is 617 g/mol. The predicted octanol–water partition coefficient (Wildman–Crippen LogP) is 12.9. The fraction of sp³-hybridized carbons (Fsp3) is 0.739. The zero-order valence-electron chi connectivity index (χ0n) is 29.2. The Morgan fingerprint density at radius 2 is 0.717 bits per heavy atom. The molecule has 9 aliphatic rings. The van der Waals surface area contributed by atoms with E-state index in [1.165, 1.54) is 116 Å². The zero-order valence-corrected chi connectivity index (χ0v) is 29.2. The van der Waals surface area contributed by atoms with Gasteiger partial charge in [0, 0.05) is 5.92 Å². The van der Waals surface area contributed by atoms with Crippen LogP contribution in [0.15, 0.2) is 48.5 Å². The highest BCUT2D eigenvalue weighted by molar-refractivity contribution is 5.37. The molecule has 0 N–H and O–H groups in total. The molecule has 9 aliphatic carbocycles. The predicted molar refractivity (Wildman–Crippen MR) is 193 cm³/mol. The maximum Gasteiger partial charge on any atom is 0.0118 e. The highest BCUT2D eigenvalue weighted by Gasteiger charge is 2.51. The van der Waals surface area contributed by atoms with Crippen LogP contribution in [-0.4, -0.2) is 0 Å². The van der Waals surface area contributed by atoms with Crippen molar-refractivity contribution in [2.24, 2.45) is 52.3 Å². The topological polar surface area (TPSA) is 0 Å². The molecular formula is C46H64. The van der Waals surface area contributed by atoms with Crippen molar-refractivity contribution in [2.75, 3.05) is 0 Å². The second kappa shape index (κ2) is 12.7. The first-order valence-corrected chi connectivity index (χ1v) is 20.8. The van der Waals surface area contributed by atoms with Gasteiger partial charge in [-0.05, 0) is 177 Å². The fourth-order valence-corrected chi connectivity index (χ4v) is 14.7. The summed E-state index contributed by atoms with van der Waals surface area (Å²) in [5.74, 6) is 7.66. The third-order valence-corrected chi connectivity index (χ3v) is 15.5. The molecule has 0 radical (unpaired) electrons. The van der Waals surface area contributed by atoms with Gasteiger partial charge in [0.2, 0.25) is 0 Å². The van der Waals surface area contributed by atoms with Gasteiger partial charge in [-0.15, -0.1) is 0 Å². The smallest absolute Gasteiger partial charge is 0.0118 e. The Morgan fingerprint density at radius 3 is 1.04 bits per heavy atom. The van der Waals surface area contributed by atoms with E-state index in [0.29, 0.717) is 16.7 Å². The van der Waals surface area contributed by atoms with Crippen LogP contribution in [0.5, 0.6) is 0 Å². The van der Waals surface area contributed by atoms with Crippen LogP contribution in [0.1, 0.15) is 169 Å². The molecule has 0 atom stereocenters. The second-order valence-corrected chi connectivity index (χ2v) is 19.3. The van der Waals surface area contributed by atoms with Crippen molar-refractivity contribution in [1.29, 1.82) is 0 Å². The van der Waals surface area contributed by atoms with Crippen LogP contribution in [0.25, 0.3) is 0 Å². The highest BCUT2D eigenvalue weighted by Crippen LogP contribution is 2.62. The molecule has 2 aromatic carbocycles. The van der Waals surface area contributed by atoms with Crippen LogP contribution in [0.2, 0.25) is 0 Å².